The van der Waals surface area contributed by atoms with E-state index in [2.05, 4.69) is 51.8 Å². The zero-order valence-corrected chi connectivity index (χ0v) is 17.8. The Kier molecular flexibility index (Phi) is 10.6. The Labute approximate surface area is 172 Å². The lowest BCUT2D eigenvalue weighted by Crippen LogP contribution is -2.36. The molecule has 0 spiro atoms. The van der Waals surface area contributed by atoms with Crippen LogP contribution in [-0.2, 0) is 17.8 Å². The van der Waals surface area contributed by atoms with Gasteiger partial charge in [-0.25, -0.2) is 4.98 Å². The van der Waals surface area contributed by atoms with Gasteiger partial charge in [-0.1, -0.05) is 35.9 Å². The Hall–Kier alpha value is -1.87. The monoisotopic (exact) mass is 470 g/mol. The predicted molar refractivity (Wildman–Crippen MR) is 115 cm³/mol. The van der Waals surface area contributed by atoms with Crippen LogP contribution in [0.25, 0.3) is 0 Å². The quantitative estimate of drug-likeness (QED) is 0.269. The first-order chi connectivity index (χ1) is 12.2. The van der Waals surface area contributed by atoms with E-state index in [0.717, 1.165) is 11.5 Å². The number of hydrogen-bond donors (Lipinski definition) is 2. The van der Waals surface area contributed by atoms with E-state index < -0.39 is 0 Å². The van der Waals surface area contributed by atoms with Crippen molar-refractivity contribution in [3.05, 3.63) is 59.3 Å². The molecule has 26 heavy (non-hydrogen) atoms. The molecule has 7 heteroatoms. The topological polar surface area (TPSA) is 67.8 Å². The molecule has 1 aromatic heterocycles. The van der Waals surface area contributed by atoms with Gasteiger partial charge < -0.3 is 20.1 Å². The summed E-state index contributed by atoms with van der Waals surface area (Å²) in [5.41, 5.74) is 3.43. The van der Waals surface area contributed by atoms with Crippen molar-refractivity contribution < 1.29 is 9.47 Å². The molecule has 2 rings (SSSR count). The lowest BCUT2D eigenvalue weighted by atomic mass is 10.1. The summed E-state index contributed by atoms with van der Waals surface area (Å²) in [6.45, 7) is 4.38. The first-order valence-corrected chi connectivity index (χ1v) is 8.28. The summed E-state index contributed by atoms with van der Waals surface area (Å²) in [6, 6.07) is 12.3. The molecule has 0 aliphatic carbocycles. The number of ether oxygens (including phenoxy) is 2. The van der Waals surface area contributed by atoms with E-state index in [4.69, 9.17) is 9.47 Å². The van der Waals surface area contributed by atoms with Gasteiger partial charge in [-0.15, -0.1) is 24.0 Å². The molecular formula is C19H27IN4O2. The fraction of sp³-hybridized carbons (Fsp3) is 0.368. The summed E-state index contributed by atoms with van der Waals surface area (Å²) in [4.78, 5) is 8.54. The summed E-state index contributed by atoms with van der Waals surface area (Å²) >= 11 is 0. The SMILES string of the molecule is CN=C(NCc1cccc(C)c1)NCc1cccnc1OCCOC.I. The highest BCUT2D eigenvalue weighted by Gasteiger charge is 2.06. The summed E-state index contributed by atoms with van der Waals surface area (Å²) in [6.07, 6.45) is 1.72. The van der Waals surface area contributed by atoms with E-state index in [1.807, 2.05) is 12.1 Å². The van der Waals surface area contributed by atoms with Gasteiger partial charge in [-0.2, -0.15) is 0 Å². The van der Waals surface area contributed by atoms with Gasteiger partial charge in [0.2, 0.25) is 5.88 Å². The highest BCUT2D eigenvalue weighted by molar-refractivity contribution is 14.0. The molecule has 142 valence electrons. The van der Waals surface area contributed by atoms with E-state index in [1.54, 1.807) is 20.4 Å². The number of pyridine rings is 1. The van der Waals surface area contributed by atoms with Crippen molar-refractivity contribution >= 4 is 29.9 Å². The van der Waals surface area contributed by atoms with E-state index in [9.17, 15) is 0 Å². The maximum absolute atomic E-state index is 5.65. The number of rotatable bonds is 8. The van der Waals surface area contributed by atoms with E-state index in [0.29, 0.717) is 32.2 Å². The Morgan fingerprint density at radius 2 is 1.92 bits per heavy atom. The van der Waals surface area contributed by atoms with Gasteiger partial charge in [0.05, 0.1) is 6.61 Å². The molecule has 0 saturated heterocycles. The summed E-state index contributed by atoms with van der Waals surface area (Å²) in [5, 5.41) is 6.60. The van der Waals surface area contributed by atoms with Crippen LogP contribution in [0.5, 0.6) is 5.88 Å². The zero-order chi connectivity index (χ0) is 17.9. The number of methoxy groups -OCH3 is 1. The van der Waals surface area contributed by atoms with E-state index >= 15 is 0 Å². The number of nitrogens with one attached hydrogen (secondary N) is 2. The third-order valence-corrected chi connectivity index (χ3v) is 3.59. The van der Waals surface area contributed by atoms with E-state index in [1.165, 1.54) is 11.1 Å². The standard InChI is InChI=1S/C19H26N4O2.HI/c1-15-6-4-7-16(12-15)13-22-19(20-2)23-14-17-8-5-9-21-18(17)25-11-10-24-3;/h4-9,12H,10-11,13-14H2,1-3H3,(H2,20,22,23);1H. The highest BCUT2D eigenvalue weighted by atomic mass is 127. The maximum atomic E-state index is 5.65. The summed E-state index contributed by atoms with van der Waals surface area (Å²) in [7, 11) is 3.40. The Morgan fingerprint density at radius 1 is 1.12 bits per heavy atom. The average Bonchev–Trinajstić information content (AvgIpc) is 2.63. The molecule has 2 N–H and O–H groups in total. The van der Waals surface area contributed by atoms with Gasteiger partial charge in [-0.05, 0) is 18.6 Å². The Bertz CT molecular complexity index is 695. The predicted octanol–water partition coefficient (Wildman–Crippen LogP) is 2.90. The van der Waals surface area contributed by atoms with Crippen molar-refractivity contribution in [2.75, 3.05) is 27.4 Å². The molecule has 0 bridgehead atoms. The normalized spacial score (nSPS) is 10.8. The number of nitrogens with zero attached hydrogens (tertiary/aromatic N) is 2. The lowest BCUT2D eigenvalue weighted by molar-refractivity contribution is 0.143. The molecule has 0 aliphatic heterocycles. The van der Waals surface area contributed by atoms with Crippen molar-refractivity contribution in [3.8, 4) is 5.88 Å². The molecule has 0 saturated carbocycles. The minimum Gasteiger partial charge on any atom is -0.475 e. The molecule has 0 aliphatic rings. The number of benzene rings is 1. The largest absolute Gasteiger partial charge is 0.475 e. The second kappa shape index (κ2) is 12.5. The number of halogens is 1. The van der Waals surface area contributed by atoms with Crippen LogP contribution in [-0.4, -0.2) is 38.3 Å². The number of aliphatic imine (C=N–C) groups is 1. The number of aromatic nitrogens is 1. The first kappa shape index (κ1) is 22.2. The molecule has 0 atom stereocenters. The number of aryl methyl sites for hydroxylation is 1. The fourth-order valence-electron chi connectivity index (χ4n) is 2.32. The zero-order valence-electron chi connectivity index (χ0n) is 15.5. The summed E-state index contributed by atoms with van der Waals surface area (Å²) in [5.74, 6) is 1.34. The molecule has 2 aromatic rings. The third-order valence-electron chi connectivity index (χ3n) is 3.59. The van der Waals surface area contributed by atoms with Crippen LogP contribution in [0.2, 0.25) is 0 Å². The Morgan fingerprint density at radius 3 is 2.65 bits per heavy atom. The minimum absolute atomic E-state index is 0. The summed E-state index contributed by atoms with van der Waals surface area (Å²) < 4.78 is 10.7. The second-order valence-corrected chi connectivity index (χ2v) is 5.58. The molecule has 1 heterocycles. The lowest BCUT2D eigenvalue weighted by Gasteiger charge is -2.14. The van der Waals surface area contributed by atoms with Crippen molar-refractivity contribution in [2.45, 2.75) is 20.0 Å². The minimum atomic E-state index is 0. The molecule has 1 aromatic carbocycles. The van der Waals surface area contributed by atoms with Crippen molar-refractivity contribution in [1.29, 1.82) is 0 Å². The molecule has 0 radical (unpaired) electrons. The number of guanidine groups is 1. The highest BCUT2D eigenvalue weighted by Crippen LogP contribution is 2.13. The second-order valence-electron chi connectivity index (χ2n) is 5.58. The van der Waals surface area contributed by atoms with Gasteiger partial charge >= 0.3 is 0 Å². The van der Waals surface area contributed by atoms with Crippen molar-refractivity contribution in [1.82, 2.24) is 15.6 Å². The van der Waals surface area contributed by atoms with Crippen LogP contribution in [0.15, 0.2) is 47.6 Å². The van der Waals surface area contributed by atoms with Gasteiger partial charge in [-0.3, -0.25) is 4.99 Å². The average molecular weight is 470 g/mol. The van der Waals surface area contributed by atoms with Crippen LogP contribution in [0, 0.1) is 6.92 Å². The molecule has 0 fully saturated rings. The van der Waals surface area contributed by atoms with Crippen LogP contribution < -0.4 is 15.4 Å². The van der Waals surface area contributed by atoms with Gasteiger partial charge in [0, 0.05) is 39.0 Å². The van der Waals surface area contributed by atoms with Crippen LogP contribution >= 0.6 is 24.0 Å². The van der Waals surface area contributed by atoms with Crippen LogP contribution in [0.3, 0.4) is 0 Å². The van der Waals surface area contributed by atoms with Gasteiger partial charge in [0.15, 0.2) is 5.96 Å². The molecule has 0 amide bonds. The molecule has 6 nitrogen and oxygen atoms in total. The first-order valence-electron chi connectivity index (χ1n) is 8.28. The molecule has 0 unspecified atom stereocenters. The van der Waals surface area contributed by atoms with Crippen molar-refractivity contribution in [2.24, 2.45) is 4.99 Å². The van der Waals surface area contributed by atoms with E-state index in [-0.39, 0.29) is 24.0 Å². The maximum Gasteiger partial charge on any atom is 0.218 e. The number of hydrogen-bond acceptors (Lipinski definition) is 4. The van der Waals surface area contributed by atoms with Gasteiger partial charge in [0.25, 0.3) is 0 Å². The van der Waals surface area contributed by atoms with Gasteiger partial charge in [0.1, 0.15) is 6.61 Å². The fourth-order valence-corrected chi connectivity index (χ4v) is 2.32. The van der Waals surface area contributed by atoms with Crippen LogP contribution in [0.4, 0.5) is 0 Å². The van der Waals surface area contributed by atoms with Crippen molar-refractivity contribution in [3.63, 3.8) is 0 Å². The Balaban J connectivity index is 0.00000338. The molecular weight excluding hydrogens is 443 g/mol. The van der Waals surface area contributed by atoms with Crippen LogP contribution in [0.1, 0.15) is 16.7 Å². The smallest absolute Gasteiger partial charge is 0.218 e. The third kappa shape index (κ3) is 7.57.